The van der Waals surface area contributed by atoms with Gasteiger partial charge in [-0.1, -0.05) is 12.1 Å². The molecule has 0 fully saturated rings. The first-order valence-electron chi connectivity index (χ1n) is 9.51. The number of nitro groups is 1. The molecule has 0 aliphatic rings. The molecule has 3 heterocycles. The number of hydrogen-bond acceptors (Lipinski definition) is 6. The van der Waals surface area contributed by atoms with E-state index < -0.39 is 16.2 Å². The minimum Gasteiger partial charge on any atom is -0.497 e. The van der Waals surface area contributed by atoms with Crippen molar-refractivity contribution in [3.8, 4) is 22.7 Å². The van der Waals surface area contributed by atoms with Gasteiger partial charge in [0.05, 0.1) is 17.7 Å². The summed E-state index contributed by atoms with van der Waals surface area (Å²) < 4.78 is 9.84. The van der Waals surface area contributed by atoms with Gasteiger partial charge in [-0.05, 0) is 24.3 Å². The second kappa shape index (κ2) is 6.94. The number of aryl methyl sites for hydroxylation is 1. The highest BCUT2D eigenvalue weighted by atomic mass is 16.6. The molecule has 0 saturated heterocycles. The summed E-state index contributed by atoms with van der Waals surface area (Å²) in [6, 6.07) is 13.4. The number of ether oxygens (including phenoxy) is 1. The number of imidazole rings is 2. The topological polar surface area (TPSA) is 129 Å². The molecule has 0 aliphatic carbocycles. The van der Waals surface area contributed by atoms with Gasteiger partial charge in [0.15, 0.2) is 11.2 Å². The molecule has 0 spiro atoms. The Bertz CT molecular complexity index is 1640. The normalized spacial score (nSPS) is 11.3. The second-order valence-electron chi connectivity index (χ2n) is 7.13. The van der Waals surface area contributed by atoms with E-state index in [1.54, 1.807) is 46.5 Å². The third kappa shape index (κ3) is 2.79. The number of aromatic nitrogens is 5. The Morgan fingerprint density at radius 1 is 1.12 bits per heavy atom. The molecule has 1 N–H and O–H groups in total. The van der Waals surface area contributed by atoms with Gasteiger partial charge in [0, 0.05) is 36.6 Å². The van der Waals surface area contributed by atoms with E-state index in [4.69, 9.17) is 4.74 Å². The van der Waals surface area contributed by atoms with Crippen molar-refractivity contribution in [2.24, 2.45) is 7.05 Å². The third-order valence-electron chi connectivity index (χ3n) is 5.31. The highest BCUT2D eigenvalue weighted by Crippen LogP contribution is 2.31. The SMILES string of the molecule is COc1ccc(-n2c(-c3cccc([N+](=O)[O-])c3)cn3c4c(=O)[nH]c(=O)n(C)c4nc23)cc1. The van der Waals surface area contributed by atoms with E-state index in [0.717, 1.165) is 0 Å². The van der Waals surface area contributed by atoms with Crippen molar-refractivity contribution in [1.29, 1.82) is 0 Å². The van der Waals surface area contributed by atoms with Crippen molar-refractivity contribution in [2.45, 2.75) is 0 Å². The molecule has 3 aromatic heterocycles. The predicted molar refractivity (Wildman–Crippen MR) is 117 cm³/mol. The molecule has 32 heavy (non-hydrogen) atoms. The van der Waals surface area contributed by atoms with Crippen molar-refractivity contribution in [1.82, 2.24) is 23.5 Å². The molecule has 2 aromatic carbocycles. The number of nitrogens with zero attached hydrogens (tertiary/aromatic N) is 5. The lowest BCUT2D eigenvalue weighted by molar-refractivity contribution is -0.384. The number of benzene rings is 2. The van der Waals surface area contributed by atoms with Gasteiger partial charge in [-0.15, -0.1) is 0 Å². The van der Waals surface area contributed by atoms with E-state index in [2.05, 4.69) is 9.97 Å². The Balaban J connectivity index is 1.90. The van der Waals surface area contributed by atoms with Crippen LogP contribution in [0.25, 0.3) is 33.9 Å². The maximum atomic E-state index is 12.6. The zero-order chi connectivity index (χ0) is 22.6. The summed E-state index contributed by atoms with van der Waals surface area (Å²) in [7, 11) is 3.08. The van der Waals surface area contributed by atoms with Gasteiger partial charge in [-0.3, -0.25) is 33.4 Å². The Morgan fingerprint density at radius 2 is 1.88 bits per heavy atom. The highest BCUT2D eigenvalue weighted by molar-refractivity contribution is 5.79. The van der Waals surface area contributed by atoms with Crippen LogP contribution < -0.4 is 16.0 Å². The number of methoxy groups -OCH3 is 1. The summed E-state index contributed by atoms with van der Waals surface area (Å²) in [5.74, 6) is 1.03. The fourth-order valence-electron chi connectivity index (χ4n) is 3.73. The van der Waals surface area contributed by atoms with Crippen LogP contribution in [0.3, 0.4) is 0 Å². The minimum absolute atomic E-state index is 0.0623. The largest absolute Gasteiger partial charge is 0.497 e. The van der Waals surface area contributed by atoms with Gasteiger partial charge < -0.3 is 4.74 Å². The summed E-state index contributed by atoms with van der Waals surface area (Å²) >= 11 is 0. The average Bonchev–Trinajstić information content (AvgIpc) is 3.34. The first kappa shape index (κ1) is 19.3. The number of fused-ring (bicyclic) bond motifs is 3. The molecular weight excluding hydrogens is 416 g/mol. The Morgan fingerprint density at radius 3 is 2.56 bits per heavy atom. The van der Waals surface area contributed by atoms with E-state index in [1.807, 2.05) is 12.1 Å². The van der Waals surface area contributed by atoms with Crippen molar-refractivity contribution in [2.75, 3.05) is 7.11 Å². The van der Waals surface area contributed by atoms with Gasteiger partial charge in [-0.2, -0.15) is 4.98 Å². The molecule has 0 bridgehead atoms. The summed E-state index contributed by atoms with van der Waals surface area (Å²) in [5, 5.41) is 11.3. The predicted octanol–water partition coefficient (Wildman–Crippen LogP) is 2.25. The molecule has 11 nitrogen and oxygen atoms in total. The monoisotopic (exact) mass is 432 g/mol. The number of aromatic amines is 1. The van der Waals surface area contributed by atoms with Crippen LogP contribution in [0.5, 0.6) is 5.75 Å². The van der Waals surface area contributed by atoms with Crippen LogP contribution in [-0.2, 0) is 7.05 Å². The average molecular weight is 432 g/mol. The molecule has 0 amide bonds. The maximum Gasteiger partial charge on any atom is 0.329 e. The molecule has 0 aliphatic heterocycles. The van der Waals surface area contributed by atoms with Gasteiger partial charge in [0.1, 0.15) is 5.75 Å². The highest BCUT2D eigenvalue weighted by Gasteiger charge is 2.21. The van der Waals surface area contributed by atoms with Gasteiger partial charge in [-0.25, -0.2) is 4.79 Å². The fourth-order valence-corrected chi connectivity index (χ4v) is 3.73. The van der Waals surface area contributed by atoms with E-state index in [9.17, 15) is 19.7 Å². The zero-order valence-electron chi connectivity index (χ0n) is 17.0. The van der Waals surface area contributed by atoms with Crippen LogP contribution in [0, 0.1) is 10.1 Å². The van der Waals surface area contributed by atoms with Crippen LogP contribution in [0.1, 0.15) is 0 Å². The van der Waals surface area contributed by atoms with E-state index in [-0.39, 0.29) is 16.9 Å². The summed E-state index contributed by atoms with van der Waals surface area (Å²) in [4.78, 5) is 42.3. The number of non-ortho nitro benzene ring substituents is 1. The summed E-state index contributed by atoms with van der Waals surface area (Å²) in [6.45, 7) is 0. The Kier molecular flexibility index (Phi) is 4.19. The molecule has 0 unspecified atom stereocenters. The molecule has 11 heteroatoms. The molecule has 160 valence electrons. The van der Waals surface area contributed by atoms with E-state index in [0.29, 0.717) is 28.5 Å². The van der Waals surface area contributed by atoms with Crippen molar-refractivity contribution < 1.29 is 9.66 Å². The summed E-state index contributed by atoms with van der Waals surface area (Å²) in [6.07, 6.45) is 1.67. The van der Waals surface area contributed by atoms with Crippen LogP contribution in [0.2, 0.25) is 0 Å². The maximum absolute atomic E-state index is 12.6. The molecule has 5 aromatic rings. The standard InChI is InChI=1S/C21H16N6O5/c1-24-18-17(19(28)23-21(24)29)25-11-16(12-4-3-5-14(10-12)27(30)31)26(20(25)22-18)13-6-8-15(32-2)9-7-13/h3-11H,1-2H3,(H,23,28,29). The van der Waals surface area contributed by atoms with Gasteiger partial charge in [0.25, 0.3) is 11.2 Å². The zero-order valence-corrected chi connectivity index (χ0v) is 17.0. The van der Waals surface area contributed by atoms with E-state index in [1.165, 1.54) is 23.7 Å². The fraction of sp³-hybridized carbons (Fsp3) is 0.0952. The first-order chi connectivity index (χ1) is 15.4. The van der Waals surface area contributed by atoms with Crippen molar-refractivity contribution in [3.05, 3.63) is 85.7 Å². The van der Waals surface area contributed by atoms with Crippen LogP contribution >= 0.6 is 0 Å². The Labute approximate surface area is 178 Å². The van der Waals surface area contributed by atoms with Crippen molar-refractivity contribution >= 4 is 22.6 Å². The quantitative estimate of drug-likeness (QED) is 0.342. The van der Waals surface area contributed by atoms with Gasteiger partial charge in [0.2, 0.25) is 5.78 Å². The molecule has 0 radical (unpaired) electrons. The number of hydrogen-bond donors (Lipinski definition) is 1. The molecule has 0 saturated carbocycles. The number of rotatable bonds is 4. The minimum atomic E-state index is -0.576. The second-order valence-corrected chi connectivity index (χ2v) is 7.13. The van der Waals surface area contributed by atoms with E-state index >= 15 is 0 Å². The van der Waals surface area contributed by atoms with Crippen LogP contribution in [0.15, 0.2) is 64.3 Å². The smallest absolute Gasteiger partial charge is 0.329 e. The lowest BCUT2D eigenvalue weighted by Gasteiger charge is -2.10. The first-order valence-corrected chi connectivity index (χ1v) is 9.51. The number of H-pyrrole nitrogens is 1. The van der Waals surface area contributed by atoms with Crippen LogP contribution in [0.4, 0.5) is 5.69 Å². The molecule has 0 atom stereocenters. The van der Waals surface area contributed by atoms with Gasteiger partial charge >= 0.3 is 5.69 Å². The summed E-state index contributed by atoms with van der Waals surface area (Å²) in [5.41, 5.74) is 1.05. The Hall–Kier alpha value is -4.67. The third-order valence-corrected chi connectivity index (χ3v) is 5.31. The lowest BCUT2D eigenvalue weighted by atomic mass is 10.1. The van der Waals surface area contributed by atoms with Crippen LogP contribution in [-0.4, -0.2) is 35.5 Å². The molecular formula is C21H16N6O5. The van der Waals surface area contributed by atoms with Crippen molar-refractivity contribution in [3.63, 3.8) is 0 Å². The number of nitrogens with one attached hydrogen (secondary N) is 1. The molecule has 5 rings (SSSR count). The lowest BCUT2D eigenvalue weighted by Crippen LogP contribution is -2.28. The number of nitro benzene ring substituents is 1.